The van der Waals surface area contributed by atoms with Gasteiger partial charge in [-0.1, -0.05) is 0 Å². The van der Waals surface area contributed by atoms with Crippen LogP contribution < -0.4 is 4.90 Å². The van der Waals surface area contributed by atoms with Gasteiger partial charge in [0.1, 0.15) is 0 Å². The highest BCUT2D eigenvalue weighted by Crippen LogP contribution is 2.31. The highest BCUT2D eigenvalue weighted by atomic mass is 19.4. The molecule has 0 unspecified atom stereocenters. The third kappa shape index (κ3) is 3.23. The molecule has 1 aliphatic rings. The molecule has 0 spiro atoms. The fraction of sp³-hybridized carbons (Fsp3) is 0.500. The quantitative estimate of drug-likeness (QED) is 0.783. The lowest BCUT2D eigenvalue weighted by atomic mass is 9.96. The normalized spacial score (nSPS) is 17.1. The molecule has 1 saturated heterocycles. The Bertz CT molecular complexity index is 462. The number of esters is 1. The number of halogens is 3. The second kappa shape index (κ2) is 5.73. The zero-order valence-electron chi connectivity index (χ0n) is 11.1. The standard InChI is InChI=1S/C14H16F3NO2/c1-20-13(19)10-6-8-18(9-7-10)12-4-2-11(3-5-12)14(15,16)17/h2-5,10H,6-9H2,1H3. The summed E-state index contributed by atoms with van der Waals surface area (Å²) in [7, 11) is 1.37. The van der Waals surface area contributed by atoms with Crippen LogP contribution in [0.15, 0.2) is 24.3 Å². The minimum Gasteiger partial charge on any atom is -0.469 e. The monoisotopic (exact) mass is 287 g/mol. The fourth-order valence-electron chi connectivity index (χ4n) is 2.40. The number of benzene rings is 1. The van der Waals surface area contributed by atoms with E-state index in [1.807, 2.05) is 4.90 Å². The lowest BCUT2D eigenvalue weighted by Crippen LogP contribution is -2.36. The Balaban J connectivity index is 1.99. The van der Waals surface area contributed by atoms with E-state index in [-0.39, 0.29) is 11.9 Å². The number of hydrogen-bond acceptors (Lipinski definition) is 3. The maximum absolute atomic E-state index is 12.5. The van der Waals surface area contributed by atoms with E-state index in [2.05, 4.69) is 0 Å². The second-order valence-electron chi connectivity index (χ2n) is 4.83. The number of rotatable bonds is 2. The van der Waals surface area contributed by atoms with Gasteiger partial charge in [-0.05, 0) is 37.1 Å². The van der Waals surface area contributed by atoms with Crippen molar-refractivity contribution in [1.29, 1.82) is 0 Å². The Hall–Kier alpha value is -1.72. The first-order chi connectivity index (χ1) is 9.41. The van der Waals surface area contributed by atoms with E-state index in [9.17, 15) is 18.0 Å². The first kappa shape index (κ1) is 14.7. The number of carbonyl (C=O) groups excluding carboxylic acids is 1. The Morgan fingerprint density at radius 3 is 2.20 bits per heavy atom. The van der Waals surface area contributed by atoms with Gasteiger partial charge in [-0.3, -0.25) is 4.79 Å². The average Bonchev–Trinajstić information content (AvgIpc) is 2.46. The predicted octanol–water partition coefficient (Wildman–Crippen LogP) is 3.09. The Kier molecular flexibility index (Phi) is 4.20. The van der Waals surface area contributed by atoms with Gasteiger partial charge in [0.15, 0.2) is 0 Å². The summed E-state index contributed by atoms with van der Waals surface area (Å²) in [5, 5.41) is 0. The van der Waals surface area contributed by atoms with Gasteiger partial charge >= 0.3 is 12.1 Å². The molecule has 0 N–H and O–H groups in total. The van der Waals surface area contributed by atoms with Crippen LogP contribution in [0.4, 0.5) is 18.9 Å². The molecular weight excluding hydrogens is 271 g/mol. The zero-order chi connectivity index (χ0) is 14.8. The molecular formula is C14H16F3NO2. The highest BCUT2D eigenvalue weighted by molar-refractivity contribution is 5.72. The van der Waals surface area contributed by atoms with Crippen LogP contribution in [0.5, 0.6) is 0 Å². The molecule has 1 aliphatic heterocycles. The van der Waals surface area contributed by atoms with Crippen molar-refractivity contribution in [3.8, 4) is 0 Å². The molecule has 6 heteroatoms. The molecule has 3 nitrogen and oxygen atoms in total. The first-order valence-corrected chi connectivity index (χ1v) is 6.42. The van der Waals surface area contributed by atoms with Crippen LogP contribution in [0, 0.1) is 5.92 Å². The predicted molar refractivity (Wildman–Crippen MR) is 68.4 cm³/mol. The molecule has 110 valence electrons. The summed E-state index contributed by atoms with van der Waals surface area (Å²) < 4.78 is 42.1. The summed E-state index contributed by atoms with van der Waals surface area (Å²) in [6.45, 7) is 1.29. The average molecular weight is 287 g/mol. The molecule has 0 aromatic heterocycles. The summed E-state index contributed by atoms with van der Waals surface area (Å²) in [4.78, 5) is 13.4. The van der Waals surface area contributed by atoms with E-state index in [0.29, 0.717) is 25.9 Å². The topological polar surface area (TPSA) is 29.5 Å². The van der Waals surface area contributed by atoms with Gasteiger partial charge in [-0.2, -0.15) is 13.2 Å². The van der Waals surface area contributed by atoms with Crippen molar-refractivity contribution in [1.82, 2.24) is 0 Å². The van der Waals surface area contributed by atoms with Crippen LogP contribution in [-0.2, 0) is 15.7 Å². The van der Waals surface area contributed by atoms with Crippen molar-refractivity contribution < 1.29 is 22.7 Å². The molecule has 1 fully saturated rings. The van der Waals surface area contributed by atoms with Crippen molar-refractivity contribution in [2.24, 2.45) is 5.92 Å². The number of piperidine rings is 1. The number of nitrogens with zero attached hydrogens (tertiary/aromatic N) is 1. The van der Waals surface area contributed by atoms with Crippen molar-refractivity contribution in [2.75, 3.05) is 25.1 Å². The SMILES string of the molecule is COC(=O)C1CCN(c2ccc(C(F)(F)F)cc2)CC1. The van der Waals surface area contributed by atoms with E-state index in [1.54, 1.807) is 0 Å². The lowest BCUT2D eigenvalue weighted by molar-refractivity contribution is -0.146. The van der Waals surface area contributed by atoms with Crippen molar-refractivity contribution in [2.45, 2.75) is 19.0 Å². The Labute approximate surface area is 115 Å². The number of hydrogen-bond donors (Lipinski definition) is 0. The van der Waals surface area contributed by atoms with E-state index < -0.39 is 11.7 Å². The molecule has 1 aromatic carbocycles. The smallest absolute Gasteiger partial charge is 0.416 e. The molecule has 0 saturated carbocycles. The van der Waals surface area contributed by atoms with Crippen LogP contribution >= 0.6 is 0 Å². The number of alkyl halides is 3. The minimum atomic E-state index is -4.31. The lowest BCUT2D eigenvalue weighted by Gasteiger charge is -2.32. The number of carbonyl (C=O) groups is 1. The Morgan fingerprint density at radius 1 is 1.20 bits per heavy atom. The first-order valence-electron chi connectivity index (χ1n) is 6.42. The number of ether oxygens (including phenoxy) is 1. The molecule has 0 aliphatic carbocycles. The summed E-state index contributed by atoms with van der Waals surface area (Å²) >= 11 is 0. The molecule has 2 rings (SSSR count). The fourth-order valence-corrected chi connectivity index (χ4v) is 2.40. The highest BCUT2D eigenvalue weighted by Gasteiger charge is 2.30. The van der Waals surface area contributed by atoms with Crippen molar-refractivity contribution in [3.63, 3.8) is 0 Å². The third-order valence-electron chi connectivity index (χ3n) is 3.59. The number of methoxy groups -OCH3 is 1. The molecule has 0 amide bonds. The largest absolute Gasteiger partial charge is 0.469 e. The Morgan fingerprint density at radius 2 is 1.75 bits per heavy atom. The van der Waals surface area contributed by atoms with Crippen LogP contribution in [0.25, 0.3) is 0 Å². The summed E-state index contributed by atoms with van der Waals surface area (Å²) in [5.41, 5.74) is 0.104. The minimum absolute atomic E-state index is 0.106. The van der Waals surface area contributed by atoms with E-state index in [1.165, 1.54) is 19.2 Å². The summed E-state index contributed by atoms with van der Waals surface area (Å²) in [6, 6.07) is 5.12. The maximum Gasteiger partial charge on any atom is 0.416 e. The van der Waals surface area contributed by atoms with Gasteiger partial charge in [0.05, 0.1) is 18.6 Å². The molecule has 0 bridgehead atoms. The van der Waals surface area contributed by atoms with Crippen LogP contribution in [-0.4, -0.2) is 26.2 Å². The van der Waals surface area contributed by atoms with Crippen LogP contribution in [0.2, 0.25) is 0 Å². The molecule has 1 heterocycles. The van der Waals surface area contributed by atoms with Gasteiger partial charge in [0.2, 0.25) is 0 Å². The zero-order valence-corrected chi connectivity index (χ0v) is 11.1. The van der Waals surface area contributed by atoms with Gasteiger partial charge in [0.25, 0.3) is 0 Å². The van der Waals surface area contributed by atoms with Gasteiger partial charge < -0.3 is 9.64 Å². The van der Waals surface area contributed by atoms with Crippen molar-refractivity contribution >= 4 is 11.7 Å². The molecule has 0 atom stereocenters. The maximum atomic E-state index is 12.5. The van der Waals surface area contributed by atoms with Gasteiger partial charge in [-0.15, -0.1) is 0 Å². The number of anilines is 1. The van der Waals surface area contributed by atoms with Crippen LogP contribution in [0.3, 0.4) is 0 Å². The summed E-state index contributed by atoms with van der Waals surface area (Å²) in [6.07, 6.45) is -2.99. The summed E-state index contributed by atoms with van der Waals surface area (Å²) in [5.74, 6) is -0.317. The van der Waals surface area contributed by atoms with E-state index in [4.69, 9.17) is 4.74 Å². The van der Waals surface area contributed by atoms with Gasteiger partial charge in [0, 0.05) is 18.8 Å². The second-order valence-corrected chi connectivity index (χ2v) is 4.83. The van der Waals surface area contributed by atoms with Gasteiger partial charge in [-0.25, -0.2) is 0 Å². The molecule has 1 aromatic rings. The van der Waals surface area contributed by atoms with Crippen molar-refractivity contribution in [3.05, 3.63) is 29.8 Å². The van der Waals surface area contributed by atoms with Crippen LogP contribution in [0.1, 0.15) is 18.4 Å². The molecule has 0 radical (unpaired) electrons. The van der Waals surface area contributed by atoms with E-state index >= 15 is 0 Å². The molecule has 20 heavy (non-hydrogen) atoms. The third-order valence-corrected chi connectivity index (χ3v) is 3.59. The van der Waals surface area contributed by atoms with E-state index in [0.717, 1.165) is 17.8 Å².